The van der Waals surface area contributed by atoms with Gasteiger partial charge in [0.2, 0.25) is 0 Å². The van der Waals surface area contributed by atoms with Crippen molar-refractivity contribution in [3.8, 4) is 0 Å². The summed E-state index contributed by atoms with van der Waals surface area (Å²) in [5.41, 5.74) is 5.34. The summed E-state index contributed by atoms with van der Waals surface area (Å²) in [7, 11) is 0. The summed E-state index contributed by atoms with van der Waals surface area (Å²) in [5, 5.41) is 10.8. The van der Waals surface area contributed by atoms with Gasteiger partial charge < -0.3 is 20.9 Å². The van der Waals surface area contributed by atoms with Crippen LogP contribution < -0.4 is 11.1 Å². The highest BCUT2D eigenvalue weighted by molar-refractivity contribution is 5.80. The van der Waals surface area contributed by atoms with Gasteiger partial charge in [-0.15, -0.1) is 0 Å². The number of nitrogens with two attached hydrogens (primary N) is 1. The number of hydrogen-bond acceptors (Lipinski definition) is 4. The molecule has 0 radical (unpaired) electrons. The normalized spacial score (nSPS) is 13.9. The summed E-state index contributed by atoms with van der Waals surface area (Å²) in [6.45, 7) is 4.84. The van der Waals surface area contributed by atoms with Crippen LogP contribution in [0.15, 0.2) is 12.7 Å². The average molecular weight is 202 g/mol. The van der Waals surface area contributed by atoms with Crippen LogP contribution in [-0.2, 0) is 9.53 Å². The maximum absolute atomic E-state index is 10.9. The van der Waals surface area contributed by atoms with Crippen LogP contribution in [0.5, 0.6) is 0 Å². The summed E-state index contributed by atoms with van der Waals surface area (Å²) in [5.74, 6) is -1.20. The highest BCUT2D eigenvalue weighted by Gasteiger charge is 2.24. The SMILES string of the molecule is C=CCOC(=O)N[C@H](C(=O)O)[C@@H](C)N. The predicted octanol–water partition coefficient (Wildman–Crippen LogP) is -0.301. The van der Waals surface area contributed by atoms with Gasteiger partial charge in [-0.25, -0.2) is 9.59 Å². The first-order valence-corrected chi connectivity index (χ1v) is 4.01. The molecular formula is C8H14N2O4. The molecule has 6 heteroatoms. The van der Waals surface area contributed by atoms with Crippen LogP contribution in [0.25, 0.3) is 0 Å². The molecule has 0 heterocycles. The molecule has 0 aromatic heterocycles. The van der Waals surface area contributed by atoms with Crippen molar-refractivity contribution in [1.82, 2.24) is 5.32 Å². The third-order valence-corrected chi connectivity index (χ3v) is 1.40. The van der Waals surface area contributed by atoms with Crippen molar-refractivity contribution in [2.75, 3.05) is 6.61 Å². The lowest BCUT2D eigenvalue weighted by molar-refractivity contribution is -0.139. The zero-order chi connectivity index (χ0) is 11.1. The number of nitrogens with one attached hydrogen (secondary N) is 1. The minimum absolute atomic E-state index is 0.0249. The second-order valence-corrected chi connectivity index (χ2v) is 2.71. The number of carboxylic acid groups (broad SMARTS) is 1. The monoisotopic (exact) mass is 202 g/mol. The molecule has 0 saturated carbocycles. The van der Waals surface area contributed by atoms with E-state index in [-0.39, 0.29) is 6.61 Å². The van der Waals surface area contributed by atoms with Crippen molar-refractivity contribution in [2.24, 2.45) is 5.73 Å². The fourth-order valence-electron chi connectivity index (χ4n) is 0.721. The smallest absolute Gasteiger partial charge is 0.408 e. The lowest BCUT2D eigenvalue weighted by Gasteiger charge is -2.17. The zero-order valence-corrected chi connectivity index (χ0v) is 7.90. The largest absolute Gasteiger partial charge is 0.480 e. The van der Waals surface area contributed by atoms with Crippen LogP contribution in [0.3, 0.4) is 0 Å². The van der Waals surface area contributed by atoms with Crippen LogP contribution in [0.1, 0.15) is 6.92 Å². The number of rotatable bonds is 5. The van der Waals surface area contributed by atoms with E-state index in [1.54, 1.807) is 0 Å². The number of carbonyl (C=O) groups is 2. The predicted molar refractivity (Wildman–Crippen MR) is 49.8 cm³/mol. The molecular weight excluding hydrogens is 188 g/mol. The Bertz CT molecular complexity index is 227. The first kappa shape index (κ1) is 12.4. The molecule has 0 bridgehead atoms. The second kappa shape index (κ2) is 5.98. The molecule has 0 aromatic rings. The fraction of sp³-hybridized carbons (Fsp3) is 0.500. The quantitative estimate of drug-likeness (QED) is 0.531. The van der Waals surface area contributed by atoms with Crippen molar-refractivity contribution >= 4 is 12.1 Å². The fourth-order valence-corrected chi connectivity index (χ4v) is 0.721. The maximum Gasteiger partial charge on any atom is 0.408 e. The maximum atomic E-state index is 10.9. The Morgan fingerprint density at radius 1 is 1.71 bits per heavy atom. The number of carboxylic acids is 1. The highest BCUT2D eigenvalue weighted by atomic mass is 16.5. The van der Waals surface area contributed by atoms with Crippen LogP contribution in [0, 0.1) is 0 Å². The summed E-state index contributed by atoms with van der Waals surface area (Å²) in [6.07, 6.45) is 0.552. The van der Waals surface area contributed by atoms with Crippen molar-refractivity contribution in [1.29, 1.82) is 0 Å². The summed E-state index contributed by atoms with van der Waals surface area (Å²) < 4.78 is 4.54. The average Bonchev–Trinajstić information content (AvgIpc) is 2.09. The summed E-state index contributed by atoms with van der Waals surface area (Å²) in [6, 6.07) is -1.84. The molecule has 0 saturated heterocycles. The van der Waals surface area contributed by atoms with Gasteiger partial charge >= 0.3 is 12.1 Å². The Morgan fingerprint density at radius 2 is 2.29 bits per heavy atom. The highest BCUT2D eigenvalue weighted by Crippen LogP contribution is 1.91. The van der Waals surface area contributed by atoms with E-state index >= 15 is 0 Å². The number of alkyl carbamates (subject to hydrolysis) is 1. The van der Waals surface area contributed by atoms with E-state index in [2.05, 4.69) is 16.6 Å². The molecule has 6 nitrogen and oxygen atoms in total. The van der Waals surface area contributed by atoms with Gasteiger partial charge in [0, 0.05) is 6.04 Å². The molecule has 14 heavy (non-hydrogen) atoms. The number of amides is 1. The Hall–Kier alpha value is -1.56. The minimum atomic E-state index is -1.20. The standard InChI is InChI=1S/C8H14N2O4/c1-3-4-14-8(13)10-6(5(2)9)7(11)12/h3,5-6H,1,4,9H2,2H3,(H,10,13)(H,11,12)/t5-,6+/m1/s1. The van der Waals surface area contributed by atoms with Gasteiger partial charge in [0.1, 0.15) is 12.6 Å². The number of ether oxygens (including phenoxy) is 1. The molecule has 4 N–H and O–H groups in total. The van der Waals surface area contributed by atoms with Crippen LogP contribution in [0.4, 0.5) is 4.79 Å². The molecule has 0 aromatic carbocycles. The van der Waals surface area contributed by atoms with E-state index in [4.69, 9.17) is 10.8 Å². The Labute approximate surface area is 81.7 Å². The van der Waals surface area contributed by atoms with Crippen molar-refractivity contribution in [3.05, 3.63) is 12.7 Å². The first-order valence-electron chi connectivity index (χ1n) is 4.01. The Morgan fingerprint density at radius 3 is 2.64 bits per heavy atom. The van der Waals surface area contributed by atoms with E-state index in [9.17, 15) is 9.59 Å². The topological polar surface area (TPSA) is 102 Å². The molecule has 0 aliphatic rings. The lowest BCUT2D eigenvalue weighted by Crippen LogP contribution is -2.51. The van der Waals surface area contributed by atoms with E-state index < -0.39 is 24.1 Å². The van der Waals surface area contributed by atoms with Crippen LogP contribution in [0.2, 0.25) is 0 Å². The van der Waals surface area contributed by atoms with Gasteiger partial charge in [0.25, 0.3) is 0 Å². The molecule has 0 rings (SSSR count). The van der Waals surface area contributed by atoms with E-state index in [1.807, 2.05) is 0 Å². The molecule has 0 spiro atoms. The van der Waals surface area contributed by atoms with Crippen LogP contribution >= 0.6 is 0 Å². The molecule has 0 aliphatic carbocycles. The van der Waals surface area contributed by atoms with Gasteiger partial charge in [0.15, 0.2) is 0 Å². The van der Waals surface area contributed by atoms with Crippen molar-refractivity contribution < 1.29 is 19.4 Å². The van der Waals surface area contributed by atoms with Gasteiger partial charge in [-0.05, 0) is 6.92 Å². The second-order valence-electron chi connectivity index (χ2n) is 2.71. The van der Waals surface area contributed by atoms with Crippen molar-refractivity contribution in [3.63, 3.8) is 0 Å². The molecule has 80 valence electrons. The third kappa shape index (κ3) is 4.46. The van der Waals surface area contributed by atoms with Gasteiger partial charge in [-0.3, -0.25) is 0 Å². The minimum Gasteiger partial charge on any atom is -0.480 e. The van der Waals surface area contributed by atoms with Crippen LogP contribution in [-0.4, -0.2) is 35.9 Å². The van der Waals surface area contributed by atoms with E-state index in [0.29, 0.717) is 0 Å². The number of hydrogen-bond donors (Lipinski definition) is 3. The van der Waals surface area contributed by atoms with Gasteiger partial charge in [-0.1, -0.05) is 12.7 Å². The molecule has 0 aliphatic heterocycles. The zero-order valence-electron chi connectivity index (χ0n) is 7.90. The van der Waals surface area contributed by atoms with Crippen molar-refractivity contribution in [2.45, 2.75) is 19.0 Å². The molecule has 0 unspecified atom stereocenters. The number of carbonyl (C=O) groups excluding carboxylic acids is 1. The summed E-state index contributed by atoms with van der Waals surface area (Å²) in [4.78, 5) is 21.5. The third-order valence-electron chi connectivity index (χ3n) is 1.40. The van der Waals surface area contributed by atoms with Gasteiger partial charge in [-0.2, -0.15) is 0 Å². The van der Waals surface area contributed by atoms with E-state index in [1.165, 1.54) is 13.0 Å². The summed E-state index contributed by atoms with van der Waals surface area (Å²) >= 11 is 0. The molecule has 1 amide bonds. The Kier molecular flexibility index (Phi) is 5.31. The molecule has 2 atom stereocenters. The Balaban J connectivity index is 4.09. The lowest BCUT2D eigenvalue weighted by atomic mass is 10.1. The van der Waals surface area contributed by atoms with E-state index in [0.717, 1.165) is 0 Å². The molecule has 0 fully saturated rings. The number of aliphatic carboxylic acids is 1. The first-order chi connectivity index (χ1) is 6.49. The van der Waals surface area contributed by atoms with Gasteiger partial charge in [0.05, 0.1) is 0 Å².